The summed E-state index contributed by atoms with van der Waals surface area (Å²) in [6.07, 6.45) is 0. The van der Waals surface area contributed by atoms with Gasteiger partial charge in [0.1, 0.15) is 11.6 Å². The van der Waals surface area contributed by atoms with Gasteiger partial charge < -0.3 is 0 Å². The third-order valence-electron chi connectivity index (χ3n) is 2.28. The number of aryl methyl sites for hydroxylation is 1. The Morgan fingerprint density at radius 3 is 2.59 bits per heavy atom. The van der Waals surface area contributed by atoms with E-state index in [0.29, 0.717) is 11.1 Å². The van der Waals surface area contributed by atoms with E-state index in [1.807, 2.05) is 0 Å². The number of hydrogen-bond donors (Lipinski definition) is 0. The van der Waals surface area contributed by atoms with Gasteiger partial charge in [0.2, 0.25) is 5.78 Å². The lowest BCUT2D eigenvalue weighted by atomic mass is 10.1. The summed E-state index contributed by atoms with van der Waals surface area (Å²) in [5, 5.41) is 2.04. The summed E-state index contributed by atoms with van der Waals surface area (Å²) in [5.74, 6) is -2.12. The van der Waals surface area contributed by atoms with Gasteiger partial charge in [-0.1, -0.05) is 11.6 Å². The van der Waals surface area contributed by atoms with E-state index in [-0.39, 0.29) is 10.4 Å². The van der Waals surface area contributed by atoms with Crippen LogP contribution in [0.25, 0.3) is 0 Å². The van der Waals surface area contributed by atoms with E-state index < -0.39 is 17.4 Å². The molecule has 0 saturated carbocycles. The maximum atomic E-state index is 13.4. The Bertz CT molecular complexity index is 592. The van der Waals surface area contributed by atoms with Crippen molar-refractivity contribution in [3.8, 4) is 0 Å². The highest BCUT2D eigenvalue weighted by Crippen LogP contribution is 2.29. The van der Waals surface area contributed by atoms with Crippen molar-refractivity contribution >= 4 is 28.7 Å². The topological polar surface area (TPSA) is 17.1 Å². The zero-order chi connectivity index (χ0) is 12.6. The van der Waals surface area contributed by atoms with E-state index >= 15 is 0 Å². The minimum atomic E-state index is -0.878. The molecule has 2 aromatic rings. The molecule has 1 heterocycles. The van der Waals surface area contributed by atoms with Gasteiger partial charge in [0.05, 0.1) is 15.5 Å². The van der Waals surface area contributed by atoms with Gasteiger partial charge in [-0.25, -0.2) is 8.78 Å². The first-order valence-electron chi connectivity index (χ1n) is 4.74. The molecule has 0 fully saturated rings. The molecule has 0 aliphatic rings. The van der Waals surface area contributed by atoms with Crippen LogP contribution in [-0.4, -0.2) is 5.78 Å². The van der Waals surface area contributed by atoms with Gasteiger partial charge in [0.25, 0.3) is 0 Å². The van der Waals surface area contributed by atoms with Crippen molar-refractivity contribution in [3.63, 3.8) is 0 Å². The van der Waals surface area contributed by atoms with E-state index in [1.165, 1.54) is 0 Å². The summed E-state index contributed by atoms with van der Waals surface area (Å²) < 4.78 is 26.1. The number of carbonyl (C=O) groups is 1. The Kier molecular flexibility index (Phi) is 3.26. The number of carbonyl (C=O) groups excluding carboxylic acids is 1. The summed E-state index contributed by atoms with van der Waals surface area (Å²) in [6, 6.07) is 2.85. The number of ketones is 1. The summed E-state index contributed by atoms with van der Waals surface area (Å²) in [4.78, 5) is 12.2. The van der Waals surface area contributed by atoms with Gasteiger partial charge >= 0.3 is 0 Å². The van der Waals surface area contributed by atoms with E-state index in [9.17, 15) is 13.6 Å². The molecule has 2 rings (SSSR count). The van der Waals surface area contributed by atoms with Crippen molar-refractivity contribution in [1.82, 2.24) is 0 Å². The Balaban J connectivity index is 2.47. The lowest BCUT2D eigenvalue weighted by molar-refractivity contribution is 0.103. The predicted molar refractivity (Wildman–Crippen MR) is 63.9 cm³/mol. The third-order valence-corrected chi connectivity index (χ3v) is 3.98. The lowest BCUT2D eigenvalue weighted by Crippen LogP contribution is -2.03. The minimum Gasteiger partial charge on any atom is -0.288 e. The quantitative estimate of drug-likeness (QED) is 0.748. The monoisotopic (exact) mass is 272 g/mol. The molecule has 0 bridgehead atoms. The number of benzene rings is 1. The van der Waals surface area contributed by atoms with Crippen LogP contribution in [0.15, 0.2) is 23.6 Å². The van der Waals surface area contributed by atoms with Crippen LogP contribution < -0.4 is 0 Å². The van der Waals surface area contributed by atoms with Crippen molar-refractivity contribution in [2.75, 3.05) is 0 Å². The van der Waals surface area contributed by atoms with Crippen molar-refractivity contribution < 1.29 is 13.6 Å². The molecular weight excluding hydrogens is 266 g/mol. The molecule has 0 amide bonds. The molecule has 88 valence electrons. The molecule has 1 aromatic carbocycles. The summed E-state index contributed by atoms with van der Waals surface area (Å²) >= 11 is 7.08. The first kappa shape index (κ1) is 12.2. The number of rotatable bonds is 2. The fourth-order valence-corrected chi connectivity index (χ4v) is 2.61. The van der Waals surface area contributed by atoms with Crippen LogP contribution in [0.3, 0.4) is 0 Å². The maximum absolute atomic E-state index is 13.4. The van der Waals surface area contributed by atoms with Gasteiger partial charge in [0.15, 0.2) is 0 Å². The van der Waals surface area contributed by atoms with E-state index in [4.69, 9.17) is 11.6 Å². The molecule has 0 saturated heterocycles. The zero-order valence-corrected chi connectivity index (χ0v) is 10.3. The molecule has 1 nitrogen and oxygen atoms in total. The van der Waals surface area contributed by atoms with Crippen LogP contribution in [0, 0.1) is 18.6 Å². The van der Waals surface area contributed by atoms with Crippen molar-refractivity contribution in [2.24, 2.45) is 0 Å². The molecule has 17 heavy (non-hydrogen) atoms. The first-order chi connectivity index (χ1) is 8.00. The van der Waals surface area contributed by atoms with Gasteiger partial charge in [-0.05, 0) is 30.0 Å². The fourth-order valence-electron chi connectivity index (χ4n) is 1.38. The SMILES string of the molecule is Cc1csc(C(=O)c2ccc(F)cc2F)c1Cl. The second kappa shape index (κ2) is 4.55. The minimum absolute atomic E-state index is 0.171. The number of hydrogen-bond acceptors (Lipinski definition) is 2. The van der Waals surface area contributed by atoms with Gasteiger partial charge in [-0.2, -0.15) is 0 Å². The molecule has 0 atom stereocenters. The van der Waals surface area contributed by atoms with Gasteiger partial charge in [-0.3, -0.25) is 4.79 Å². The molecule has 0 aliphatic carbocycles. The van der Waals surface area contributed by atoms with Crippen LogP contribution in [0.4, 0.5) is 8.78 Å². The molecule has 5 heteroatoms. The van der Waals surface area contributed by atoms with Crippen LogP contribution >= 0.6 is 22.9 Å². The Morgan fingerprint density at radius 1 is 1.35 bits per heavy atom. The molecular formula is C12H7ClF2OS. The second-order valence-corrected chi connectivity index (χ2v) is 4.77. The third kappa shape index (κ3) is 2.23. The molecule has 0 N–H and O–H groups in total. The second-order valence-electron chi connectivity index (χ2n) is 3.52. The summed E-state index contributed by atoms with van der Waals surface area (Å²) in [6.45, 7) is 1.76. The van der Waals surface area contributed by atoms with E-state index in [0.717, 1.165) is 29.0 Å². The van der Waals surface area contributed by atoms with Crippen molar-refractivity contribution in [2.45, 2.75) is 6.92 Å². The zero-order valence-electron chi connectivity index (χ0n) is 8.76. The van der Waals surface area contributed by atoms with Gasteiger partial charge in [-0.15, -0.1) is 11.3 Å². The van der Waals surface area contributed by atoms with Crippen molar-refractivity contribution in [3.05, 3.63) is 56.2 Å². The standard InChI is InChI=1S/C12H7ClF2OS/c1-6-5-17-12(10(6)13)11(16)8-3-2-7(14)4-9(8)15/h2-5H,1H3. The number of halogens is 3. The van der Waals surface area contributed by atoms with E-state index in [2.05, 4.69) is 0 Å². The highest BCUT2D eigenvalue weighted by atomic mass is 35.5. The molecule has 0 radical (unpaired) electrons. The summed E-state index contributed by atoms with van der Waals surface area (Å²) in [5.41, 5.74) is 0.595. The molecule has 0 unspecified atom stereocenters. The van der Waals surface area contributed by atoms with Crippen LogP contribution in [-0.2, 0) is 0 Å². The average molecular weight is 273 g/mol. The van der Waals surface area contributed by atoms with Crippen molar-refractivity contribution in [1.29, 1.82) is 0 Å². The Hall–Kier alpha value is -1.26. The van der Waals surface area contributed by atoms with E-state index in [1.54, 1.807) is 12.3 Å². The maximum Gasteiger partial charge on any atom is 0.207 e. The van der Waals surface area contributed by atoms with Gasteiger partial charge in [0, 0.05) is 6.07 Å². The Labute approximate surface area is 106 Å². The fraction of sp³-hybridized carbons (Fsp3) is 0.0833. The smallest absolute Gasteiger partial charge is 0.207 e. The normalized spacial score (nSPS) is 10.6. The largest absolute Gasteiger partial charge is 0.288 e. The average Bonchev–Trinajstić information content (AvgIpc) is 2.59. The van der Waals surface area contributed by atoms with Crippen LogP contribution in [0.1, 0.15) is 20.8 Å². The lowest BCUT2D eigenvalue weighted by Gasteiger charge is -2.01. The first-order valence-corrected chi connectivity index (χ1v) is 6.00. The molecule has 0 spiro atoms. The highest BCUT2D eigenvalue weighted by Gasteiger charge is 2.19. The number of thiophene rings is 1. The summed E-state index contributed by atoms with van der Waals surface area (Å²) in [7, 11) is 0. The Morgan fingerprint density at radius 2 is 2.06 bits per heavy atom. The highest BCUT2D eigenvalue weighted by molar-refractivity contribution is 7.13. The molecule has 1 aromatic heterocycles. The van der Waals surface area contributed by atoms with Crippen LogP contribution in [0.5, 0.6) is 0 Å². The predicted octanol–water partition coefficient (Wildman–Crippen LogP) is 4.22. The van der Waals surface area contributed by atoms with Crippen LogP contribution in [0.2, 0.25) is 5.02 Å². The molecule has 0 aliphatic heterocycles.